The van der Waals surface area contributed by atoms with E-state index in [0.29, 0.717) is 12.0 Å². The number of halogens is 2. The van der Waals surface area contributed by atoms with E-state index in [-0.39, 0.29) is 0 Å². The molecule has 1 aliphatic heterocycles. The van der Waals surface area contributed by atoms with Gasteiger partial charge in [-0.15, -0.1) is 0 Å². The van der Waals surface area contributed by atoms with Gasteiger partial charge in [0.2, 0.25) is 0 Å². The third kappa shape index (κ3) is 2.84. The minimum Gasteiger partial charge on any atom is -0.379 e. The highest BCUT2D eigenvalue weighted by atomic mass is 79.9. The zero-order chi connectivity index (χ0) is 13.1. The van der Waals surface area contributed by atoms with Crippen molar-refractivity contribution in [3.8, 4) is 0 Å². The maximum absolute atomic E-state index is 6.26. The zero-order valence-corrected chi connectivity index (χ0v) is 13.2. The summed E-state index contributed by atoms with van der Waals surface area (Å²) < 4.78 is 5.57. The Morgan fingerprint density at radius 1 is 1.50 bits per heavy atom. The lowest BCUT2D eigenvalue weighted by Gasteiger charge is -2.38. The van der Waals surface area contributed by atoms with E-state index in [1.807, 2.05) is 12.1 Å². The summed E-state index contributed by atoms with van der Waals surface area (Å²) in [7, 11) is 1.80. The molecule has 0 radical (unpaired) electrons. The van der Waals surface area contributed by atoms with Crippen molar-refractivity contribution in [2.45, 2.75) is 24.8 Å². The van der Waals surface area contributed by atoms with Crippen molar-refractivity contribution >= 4 is 33.2 Å². The van der Waals surface area contributed by atoms with E-state index < -0.39 is 0 Å². The van der Waals surface area contributed by atoms with Gasteiger partial charge >= 0.3 is 0 Å². The minimum absolute atomic E-state index is 0.306. The van der Waals surface area contributed by atoms with Crippen LogP contribution in [0.5, 0.6) is 0 Å². The van der Waals surface area contributed by atoms with Crippen LogP contribution < -0.4 is 4.90 Å². The van der Waals surface area contributed by atoms with Crippen LogP contribution in [0.15, 0.2) is 18.2 Å². The fourth-order valence-corrected chi connectivity index (χ4v) is 3.52. The van der Waals surface area contributed by atoms with E-state index >= 15 is 0 Å². The van der Waals surface area contributed by atoms with Gasteiger partial charge in [0, 0.05) is 41.8 Å². The van der Waals surface area contributed by atoms with E-state index in [1.54, 1.807) is 7.11 Å². The summed E-state index contributed by atoms with van der Waals surface area (Å²) in [5, 5.41) is 1.61. The number of hydrogen-bond acceptors (Lipinski definition) is 2. The van der Waals surface area contributed by atoms with Gasteiger partial charge in [-0.05, 0) is 24.5 Å². The molecule has 0 aromatic heterocycles. The van der Waals surface area contributed by atoms with E-state index in [4.69, 9.17) is 16.3 Å². The molecule has 1 aromatic rings. The zero-order valence-electron chi connectivity index (χ0n) is 10.8. The molecular formula is C14H19BrClNO. The molecular weight excluding hydrogens is 314 g/mol. The first-order valence-electron chi connectivity index (χ1n) is 6.28. The average molecular weight is 333 g/mol. The van der Waals surface area contributed by atoms with Crippen LogP contribution in [-0.2, 0) is 10.1 Å². The number of nitrogens with zero attached hydrogens (tertiary/aromatic N) is 1. The smallest absolute Gasteiger partial charge is 0.0772 e. The van der Waals surface area contributed by atoms with Crippen LogP contribution >= 0.6 is 27.5 Å². The molecule has 0 amide bonds. The molecule has 1 aromatic carbocycles. The van der Waals surface area contributed by atoms with Crippen LogP contribution in [0.25, 0.3) is 0 Å². The Kier molecular flexibility index (Phi) is 4.93. The van der Waals surface area contributed by atoms with Crippen LogP contribution in [-0.4, -0.2) is 26.3 Å². The first-order chi connectivity index (χ1) is 8.67. The lowest BCUT2D eigenvalue weighted by molar-refractivity contribution is 0.0498. The number of piperidine rings is 1. The lowest BCUT2D eigenvalue weighted by Crippen LogP contribution is -2.44. The highest BCUT2D eigenvalue weighted by molar-refractivity contribution is 9.08. The quantitative estimate of drug-likeness (QED) is 0.773. The Morgan fingerprint density at radius 2 is 2.28 bits per heavy atom. The predicted molar refractivity (Wildman–Crippen MR) is 80.9 cm³/mol. The second-order valence-electron chi connectivity index (χ2n) is 4.86. The minimum atomic E-state index is 0.306. The molecule has 0 spiro atoms. The Morgan fingerprint density at radius 3 is 2.94 bits per heavy atom. The second kappa shape index (κ2) is 6.27. The molecule has 18 heavy (non-hydrogen) atoms. The number of benzene rings is 1. The number of anilines is 1. The fraction of sp³-hybridized carbons (Fsp3) is 0.571. The molecule has 0 aliphatic carbocycles. The first-order valence-corrected chi connectivity index (χ1v) is 7.78. The van der Waals surface area contributed by atoms with Crippen LogP contribution in [0, 0.1) is 5.92 Å². The van der Waals surface area contributed by atoms with Crippen molar-refractivity contribution in [1.82, 2.24) is 0 Å². The van der Waals surface area contributed by atoms with Gasteiger partial charge in [0.25, 0.3) is 0 Å². The Labute approximate surface area is 122 Å². The Hall–Kier alpha value is -0.250. The fourth-order valence-electron chi connectivity index (χ4n) is 2.54. The third-order valence-corrected chi connectivity index (χ3v) is 4.68. The van der Waals surface area contributed by atoms with Crippen molar-refractivity contribution in [3.05, 3.63) is 28.8 Å². The van der Waals surface area contributed by atoms with Crippen LogP contribution in [0.4, 0.5) is 5.69 Å². The van der Waals surface area contributed by atoms with Gasteiger partial charge in [0.15, 0.2) is 0 Å². The molecule has 2 rings (SSSR count). The Balaban J connectivity index is 2.24. The van der Waals surface area contributed by atoms with Crippen LogP contribution in [0.3, 0.4) is 0 Å². The first kappa shape index (κ1) is 14.2. The molecule has 1 saturated heterocycles. The molecule has 2 unspecified atom stereocenters. The summed E-state index contributed by atoms with van der Waals surface area (Å²) in [6, 6.07) is 6.11. The Bertz CT molecular complexity index is 413. The molecule has 2 nitrogen and oxygen atoms in total. The standard InChI is InChI=1S/C14H19BrClNO/c1-10-6-7-17(9-14(10)18-2)13-5-3-4-12(16)11(13)8-15/h3-5,10,14H,6-9H2,1-2H3. The van der Waals surface area contributed by atoms with Gasteiger partial charge < -0.3 is 9.64 Å². The molecule has 1 heterocycles. The highest BCUT2D eigenvalue weighted by Gasteiger charge is 2.27. The summed E-state index contributed by atoms with van der Waals surface area (Å²) >= 11 is 9.79. The predicted octanol–water partition coefficient (Wildman–Crippen LogP) is 4.10. The second-order valence-corrected chi connectivity index (χ2v) is 5.83. The molecule has 0 N–H and O–H groups in total. The average Bonchev–Trinajstić information content (AvgIpc) is 2.39. The normalized spacial score (nSPS) is 24.3. The molecule has 1 aliphatic rings. The van der Waals surface area contributed by atoms with Gasteiger partial charge in [0.1, 0.15) is 0 Å². The van der Waals surface area contributed by atoms with Crippen LogP contribution in [0.1, 0.15) is 18.9 Å². The van der Waals surface area contributed by atoms with Gasteiger partial charge in [-0.25, -0.2) is 0 Å². The molecule has 4 heteroatoms. The largest absolute Gasteiger partial charge is 0.379 e. The van der Waals surface area contributed by atoms with E-state index in [1.165, 1.54) is 11.3 Å². The molecule has 1 fully saturated rings. The summed E-state index contributed by atoms with van der Waals surface area (Å²) in [6.45, 7) is 4.27. The van der Waals surface area contributed by atoms with E-state index in [0.717, 1.165) is 29.9 Å². The topological polar surface area (TPSA) is 12.5 Å². The number of methoxy groups -OCH3 is 1. The van der Waals surface area contributed by atoms with Gasteiger partial charge in [0.05, 0.1) is 6.10 Å². The number of hydrogen-bond donors (Lipinski definition) is 0. The number of ether oxygens (including phenoxy) is 1. The van der Waals surface area contributed by atoms with E-state index in [9.17, 15) is 0 Å². The summed E-state index contributed by atoms with van der Waals surface area (Å²) in [6.07, 6.45) is 1.47. The van der Waals surface area contributed by atoms with Gasteiger partial charge in [-0.1, -0.05) is 40.5 Å². The highest BCUT2D eigenvalue weighted by Crippen LogP contribution is 2.32. The van der Waals surface area contributed by atoms with Crippen molar-refractivity contribution < 1.29 is 4.74 Å². The maximum atomic E-state index is 6.26. The molecule has 0 bridgehead atoms. The van der Waals surface area contributed by atoms with Crippen LogP contribution in [0.2, 0.25) is 5.02 Å². The van der Waals surface area contributed by atoms with Crippen molar-refractivity contribution in [2.24, 2.45) is 5.92 Å². The summed E-state index contributed by atoms with van der Waals surface area (Å²) in [5.74, 6) is 0.623. The maximum Gasteiger partial charge on any atom is 0.0772 e. The number of rotatable bonds is 3. The molecule has 100 valence electrons. The number of alkyl halides is 1. The van der Waals surface area contributed by atoms with Crippen molar-refractivity contribution in [1.29, 1.82) is 0 Å². The van der Waals surface area contributed by atoms with Crippen molar-refractivity contribution in [3.63, 3.8) is 0 Å². The summed E-state index contributed by atoms with van der Waals surface area (Å²) in [4.78, 5) is 2.39. The third-order valence-electron chi connectivity index (χ3n) is 3.76. The van der Waals surface area contributed by atoms with Crippen molar-refractivity contribution in [2.75, 3.05) is 25.1 Å². The molecule has 2 atom stereocenters. The SMILES string of the molecule is COC1CN(c2cccc(Cl)c2CBr)CCC1C. The monoisotopic (exact) mass is 331 g/mol. The summed E-state index contributed by atoms with van der Waals surface area (Å²) in [5.41, 5.74) is 2.40. The van der Waals surface area contributed by atoms with E-state index in [2.05, 4.69) is 33.8 Å². The lowest BCUT2D eigenvalue weighted by atomic mass is 9.95. The molecule has 0 saturated carbocycles. The van der Waals surface area contributed by atoms with Gasteiger partial charge in [-0.3, -0.25) is 0 Å². The van der Waals surface area contributed by atoms with Gasteiger partial charge in [-0.2, -0.15) is 0 Å².